The van der Waals surface area contributed by atoms with Gasteiger partial charge in [-0.1, -0.05) is 84.9 Å². The van der Waals surface area contributed by atoms with Gasteiger partial charge in [0.05, 0.1) is 32.0 Å². The molecule has 1 aromatic heterocycles. The maximum absolute atomic E-state index is 13.5. The number of carbonyl (C=O) groups excluding carboxylic acids is 1. The van der Waals surface area contributed by atoms with Crippen LogP contribution in [0.4, 0.5) is 5.95 Å². The summed E-state index contributed by atoms with van der Waals surface area (Å²) in [7, 11) is 0. The number of hydrazone groups is 1. The summed E-state index contributed by atoms with van der Waals surface area (Å²) in [6, 6.07) is 28.3. The Morgan fingerprint density at radius 2 is 1.51 bits per heavy atom. The van der Waals surface area contributed by atoms with Crippen LogP contribution in [-0.4, -0.2) is 63.7 Å². The van der Waals surface area contributed by atoms with E-state index in [0.29, 0.717) is 12.5 Å². The van der Waals surface area contributed by atoms with Crippen LogP contribution in [0.1, 0.15) is 28.2 Å². The van der Waals surface area contributed by atoms with Gasteiger partial charge in [0.25, 0.3) is 0 Å². The number of nitrogens with zero attached hydrogens (tertiary/aromatic N) is 6. The van der Waals surface area contributed by atoms with Gasteiger partial charge in [-0.3, -0.25) is 14.3 Å². The lowest BCUT2D eigenvalue weighted by molar-refractivity contribution is -0.118. The van der Waals surface area contributed by atoms with Crippen molar-refractivity contribution in [3.63, 3.8) is 0 Å². The van der Waals surface area contributed by atoms with Crippen LogP contribution in [0.3, 0.4) is 0 Å². The predicted molar refractivity (Wildman–Crippen MR) is 157 cm³/mol. The number of rotatable bonds is 9. The molecule has 0 saturated carbocycles. The Kier molecular flexibility index (Phi) is 7.75. The molecule has 3 heterocycles. The zero-order chi connectivity index (χ0) is 28.2. The molecule has 210 valence electrons. The number of carbonyl (C=O) groups is 1. The molecule has 1 unspecified atom stereocenters. The van der Waals surface area contributed by atoms with Gasteiger partial charge in [0.2, 0.25) is 11.9 Å². The van der Waals surface area contributed by atoms with Gasteiger partial charge in [-0.25, -0.2) is 14.5 Å². The molecule has 1 saturated heterocycles. The van der Waals surface area contributed by atoms with Crippen molar-refractivity contribution in [1.29, 1.82) is 0 Å². The molecule has 6 rings (SSSR count). The van der Waals surface area contributed by atoms with Crippen LogP contribution in [0.15, 0.2) is 94.8 Å². The first-order chi connectivity index (χ1) is 20.0. The molecule has 3 aromatic carbocycles. The summed E-state index contributed by atoms with van der Waals surface area (Å²) in [5.41, 5.74) is 10.3. The van der Waals surface area contributed by atoms with E-state index in [4.69, 9.17) is 15.6 Å². The SMILES string of the molecule is NC(=O)Cn1c(N2CC(c3ccccc3)C(c3ccccc3)=N2)nn(Cc2ccc(CN3CCOCC3)cc2)c1=O. The minimum absolute atomic E-state index is 0.0418. The van der Waals surface area contributed by atoms with Crippen LogP contribution in [0.25, 0.3) is 0 Å². The van der Waals surface area contributed by atoms with E-state index in [0.717, 1.165) is 55.3 Å². The average molecular weight is 552 g/mol. The lowest BCUT2D eigenvalue weighted by Crippen LogP contribution is -2.35. The first-order valence-electron chi connectivity index (χ1n) is 13.9. The van der Waals surface area contributed by atoms with Crippen molar-refractivity contribution in [1.82, 2.24) is 19.2 Å². The summed E-state index contributed by atoms with van der Waals surface area (Å²) in [6.07, 6.45) is 0. The van der Waals surface area contributed by atoms with Crippen LogP contribution in [-0.2, 0) is 29.2 Å². The standard InChI is InChI=1S/C31H33N7O3/c32-28(39)22-36-30(37-21-27(25-7-3-1-4-8-25)29(33-37)26-9-5-2-6-10-26)34-38(31(36)40)20-24-13-11-23(12-14-24)19-35-15-17-41-18-16-35/h1-14,27H,15-22H2,(H2,32,39). The van der Waals surface area contributed by atoms with Crippen molar-refractivity contribution in [3.8, 4) is 0 Å². The largest absolute Gasteiger partial charge is 0.379 e. The third kappa shape index (κ3) is 5.98. The van der Waals surface area contributed by atoms with Gasteiger partial charge in [-0.2, -0.15) is 5.10 Å². The zero-order valence-corrected chi connectivity index (χ0v) is 22.8. The number of ether oxygens (including phenoxy) is 1. The van der Waals surface area contributed by atoms with Crippen molar-refractivity contribution in [2.75, 3.05) is 37.9 Å². The van der Waals surface area contributed by atoms with Crippen molar-refractivity contribution >= 4 is 17.6 Å². The van der Waals surface area contributed by atoms with E-state index >= 15 is 0 Å². The number of hydrogen-bond donors (Lipinski definition) is 1. The van der Waals surface area contributed by atoms with E-state index in [9.17, 15) is 9.59 Å². The van der Waals surface area contributed by atoms with E-state index in [2.05, 4.69) is 34.3 Å². The monoisotopic (exact) mass is 551 g/mol. The highest BCUT2D eigenvalue weighted by Crippen LogP contribution is 2.31. The molecule has 10 heteroatoms. The lowest BCUT2D eigenvalue weighted by Gasteiger charge is -2.26. The second kappa shape index (κ2) is 11.9. The highest BCUT2D eigenvalue weighted by Gasteiger charge is 2.33. The van der Waals surface area contributed by atoms with Gasteiger partial charge in [0.1, 0.15) is 6.54 Å². The number of morpholine rings is 1. The number of hydrogen-bond acceptors (Lipinski definition) is 7. The highest BCUT2D eigenvalue weighted by molar-refractivity contribution is 6.07. The average Bonchev–Trinajstić information content (AvgIpc) is 3.57. The molecule has 0 spiro atoms. The van der Waals surface area contributed by atoms with Crippen LogP contribution in [0, 0.1) is 0 Å². The Morgan fingerprint density at radius 1 is 0.878 bits per heavy atom. The van der Waals surface area contributed by atoms with Crippen molar-refractivity contribution in [2.24, 2.45) is 10.8 Å². The minimum Gasteiger partial charge on any atom is -0.379 e. The number of benzene rings is 3. The van der Waals surface area contributed by atoms with Gasteiger partial charge < -0.3 is 10.5 Å². The predicted octanol–water partition coefficient (Wildman–Crippen LogP) is 2.42. The fraction of sp³-hybridized carbons (Fsp3) is 0.290. The third-order valence-corrected chi connectivity index (χ3v) is 7.50. The van der Waals surface area contributed by atoms with Gasteiger partial charge >= 0.3 is 5.69 Å². The summed E-state index contributed by atoms with van der Waals surface area (Å²) >= 11 is 0. The summed E-state index contributed by atoms with van der Waals surface area (Å²) in [5.74, 6) is -0.365. The minimum atomic E-state index is -0.619. The topological polar surface area (TPSA) is 111 Å². The first-order valence-corrected chi connectivity index (χ1v) is 13.9. The Bertz CT molecular complexity index is 1570. The van der Waals surface area contributed by atoms with E-state index in [1.54, 1.807) is 5.01 Å². The van der Waals surface area contributed by atoms with E-state index in [1.165, 1.54) is 14.8 Å². The van der Waals surface area contributed by atoms with Gasteiger partial charge in [0.15, 0.2) is 0 Å². The maximum atomic E-state index is 13.5. The van der Waals surface area contributed by atoms with Crippen LogP contribution in [0.5, 0.6) is 0 Å². The first kappa shape index (κ1) is 26.7. The van der Waals surface area contributed by atoms with Crippen LogP contribution < -0.4 is 16.4 Å². The molecule has 2 aliphatic heterocycles. The van der Waals surface area contributed by atoms with Gasteiger partial charge in [-0.15, -0.1) is 5.10 Å². The summed E-state index contributed by atoms with van der Waals surface area (Å²) in [5, 5.41) is 11.3. The highest BCUT2D eigenvalue weighted by atomic mass is 16.5. The lowest BCUT2D eigenvalue weighted by atomic mass is 9.91. The second-order valence-electron chi connectivity index (χ2n) is 10.4. The molecule has 0 aliphatic carbocycles. The molecule has 41 heavy (non-hydrogen) atoms. The summed E-state index contributed by atoms with van der Waals surface area (Å²) in [4.78, 5) is 27.8. The molecule has 1 atom stereocenters. The Balaban J connectivity index is 1.29. The van der Waals surface area contributed by atoms with Crippen LogP contribution >= 0.6 is 0 Å². The van der Waals surface area contributed by atoms with Crippen LogP contribution in [0.2, 0.25) is 0 Å². The quantitative estimate of drug-likeness (QED) is 0.342. The third-order valence-electron chi connectivity index (χ3n) is 7.50. The maximum Gasteiger partial charge on any atom is 0.348 e. The smallest absolute Gasteiger partial charge is 0.348 e. The molecule has 1 fully saturated rings. The molecule has 0 radical (unpaired) electrons. The molecule has 0 bridgehead atoms. The molecular weight excluding hydrogens is 518 g/mol. The Labute approximate surface area is 238 Å². The molecule has 10 nitrogen and oxygen atoms in total. The molecule has 4 aromatic rings. The van der Waals surface area contributed by atoms with Gasteiger partial charge in [-0.05, 0) is 22.3 Å². The fourth-order valence-electron chi connectivity index (χ4n) is 5.40. The number of amides is 1. The van der Waals surface area contributed by atoms with Crippen molar-refractivity contribution in [2.45, 2.75) is 25.6 Å². The van der Waals surface area contributed by atoms with Crippen molar-refractivity contribution < 1.29 is 9.53 Å². The number of anilines is 1. The zero-order valence-electron chi connectivity index (χ0n) is 22.8. The van der Waals surface area contributed by atoms with Crippen molar-refractivity contribution in [3.05, 3.63) is 118 Å². The molecule has 1 amide bonds. The molecule has 2 aliphatic rings. The van der Waals surface area contributed by atoms with E-state index in [1.807, 2.05) is 60.7 Å². The summed E-state index contributed by atoms with van der Waals surface area (Å²) in [6.45, 7) is 4.69. The normalized spacial score (nSPS) is 17.5. The number of aromatic nitrogens is 3. The fourth-order valence-corrected chi connectivity index (χ4v) is 5.40. The Hall–Kier alpha value is -4.54. The number of nitrogens with two attached hydrogens (primary N) is 1. The second-order valence-corrected chi connectivity index (χ2v) is 10.4. The molecule has 2 N–H and O–H groups in total. The molecular formula is C31H33N7O3. The summed E-state index contributed by atoms with van der Waals surface area (Å²) < 4.78 is 8.13. The van der Waals surface area contributed by atoms with Gasteiger partial charge in [0, 0.05) is 25.6 Å². The Morgan fingerprint density at radius 3 is 2.17 bits per heavy atom. The van der Waals surface area contributed by atoms with E-state index < -0.39 is 11.6 Å². The number of primary amides is 1. The van der Waals surface area contributed by atoms with E-state index in [-0.39, 0.29) is 19.0 Å².